The summed E-state index contributed by atoms with van der Waals surface area (Å²) in [4.78, 5) is 16.4. The molecule has 0 bridgehead atoms. The van der Waals surface area contributed by atoms with Crippen LogP contribution in [0, 0.1) is 20.8 Å². The highest BCUT2D eigenvalue weighted by molar-refractivity contribution is 5.91. The average molecular weight is 370 g/mol. The van der Waals surface area contributed by atoms with Crippen molar-refractivity contribution in [1.29, 1.82) is 0 Å². The zero-order valence-electron chi connectivity index (χ0n) is 15.8. The van der Waals surface area contributed by atoms with E-state index in [-0.39, 0.29) is 18.4 Å². The predicted molar refractivity (Wildman–Crippen MR) is 97.4 cm³/mol. The molecule has 1 unspecified atom stereocenters. The quantitative estimate of drug-likeness (QED) is 0.676. The number of ether oxygens (including phenoxy) is 1. The van der Waals surface area contributed by atoms with Gasteiger partial charge in [0.15, 0.2) is 6.61 Å². The topological polar surface area (TPSA) is 103 Å². The molecule has 0 fully saturated rings. The highest BCUT2D eigenvalue weighted by Crippen LogP contribution is 2.26. The van der Waals surface area contributed by atoms with Crippen LogP contribution in [0.15, 0.2) is 33.3 Å². The van der Waals surface area contributed by atoms with Crippen LogP contribution in [-0.2, 0) is 11.4 Å². The fraction of sp³-hybridized carbons (Fsp3) is 0.368. The molecule has 2 aromatic heterocycles. The zero-order chi connectivity index (χ0) is 19.4. The van der Waals surface area contributed by atoms with Crippen molar-refractivity contribution >= 4 is 11.6 Å². The number of aryl methyl sites for hydroxylation is 3. The minimum atomic E-state index is -0.0709. The molecule has 1 atom stereocenters. The van der Waals surface area contributed by atoms with Crippen LogP contribution in [0.1, 0.15) is 48.0 Å². The molecule has 0 spiro atoms. The lowest BCUT2D eigenvalue weighted by Gasteiger charge is -2.12. The second-order valence-electron chi connectivity index (χ2n) is 6.43. The van der Waals surface area contributed by atoms with E-state index in [2.05, 4.69) is 20.6 Å². The molecule has 142 valence electrons. The molecule has 1 amide bonds. The highest BCUT2D eigenvalue weighted by Gasteiger charge is 2.19. The molecule has 0 saturated carbocycles. The van der Waals surface area contributed by atoms with Crippen molar-refractivity contribution in [3.05, 3.63) is 53.0 Å². The molecular weight excluding hydrogens is 348 g/mol. The number of nitrogens with one attached hydrogen (secondary N) is 1. The number of hydrogen-bond donors (Lipinski definition) is 1. The molecule has 0 aliphatic carbocycles. The minimum absolute atomic E-state index is 0.0253. The lowest BCUT2D eigenvalue weighted by molar-refractivity contribution is -0.116. The van der Waals surface area contributed by atoms with Crippen molar-refractivity contribution in [2.45, 2.75) is 46.6 Å². The molecular formula is C19H22N4O4. The lowest BCUT2D eigenvalue weighted by Crippen LogP contribution is -2.15. The van der Waals surface area contributed by atoms with Crippen LogP contribution in [-0.4, -0.2) is 21.2 Å². The van der Waals surface area contributed by atoms with E-state index in [1.807, 2.05) is 20.8 Å². The fourth-order valence-corrected chi connectivity index (χ4v) is 2.97. The SMILES string of the molecule is Cc1nc(COc2ccc(NC(=O)CC(C)c3c(C)noc3C)cc2)no1. The highest BCUT2D eigenvalue weighted by atomic mass is 16.5. The first-order chi connectivity index (χ1) is 12.9. The first kappa shape index (κ1) is 18.6. The van der Waals surface area contributed by atoms with E-state index in [4.69, 9.17) is 13.8 Å². The number of benzene rings is 1. The van der Waals surface area contributed by atoms with Crippen LogP contribution in [0.2, 0.25) is 0 Å². The molecule has 27 heavy (non-hydrogen) atoms. The Morgan fingerprint density at radius 1 is 1.15 bits per heavy atom. The summed E-state index contributed by atoms with van der Waals surface area (Å²) in [5.74, 6) is 2.34. The molecule has 1 N–H and O–H groups in total. The monoisotopic (exact) mass is 370 g/mol. The predicted octanol–water partition coefficient (Wildman–Crippen LogP) is 3.69. The van der Waals surface area contributed by atoms with E-state index in [1.165, 1.54) is 0 Å². The third-order valence-electron chi connectivity index (χ3n) is 4.15. The third-order valence-corrected chi connectivity index (χ3v) is 4.15. The van der Waals surface area contributed by atoms with Gasteiger partial charge in [-0.1, -0.05) is 17.2 Å². The molecule has 0 saturated heterocycles. The smallest absolute Gasteiger partial charge is 0.224 e. The van der Waals surface area contributed by atoms with Crippen LogP contribution in [0.5, 0.6) is 5.75 Å². The van der Waals surface area contributed by atoms with Gasteiger partial charge in [0.1, 0.15) is 11.5 Å². The van der Waals surface area contributed by atoms with Gasteiger partial charge in [-0.05, 0) is 44.0 Å². The van der Waals surface area contributed by atoms with Crippen molar-refractivity contribution in [3.8, 4) is 5.75 Å². The van der Waals surface area contributed by atoms with Gasteiger partial charge in [0, 0.05) is 24.6 Å². The summed E-state index contributed by atoms with van der Waals surface area (Å²) in [6, 6.07) is 7.13. The second kappa shape index (κ2) is 8.03. The summed E-state index contributed by atoms with van der Waals surface area (Å²) >= 11 is 0. The van der Waals surface area contributed by atoms with Gasteiger partial charge in [-0.25, -0.2) is 0 Å². The van der Waals surface area contributed by atoms with E-state index in [9.17, 15) is 4.79 Å². The Bertz CT molecular complexity index is 895. The van der Waals surface area contributed by atoms with Gasteiger partial charge in [-0.2, -0.15) is 4.98 Å². The number of nitrogens with zero attached hydrogens (tertiary/aromatic N) is 3. The number of carbonyl (C=O) groups is 1. The standard InChI is InChI=1S/C19H22N4O4/c1-11(19-12(2)22-26-13(19)3)9-18(24)21-15-5-7-16(8-6-15)25-10-17-20-14(4)27-23-17/h5-8,11H,9-10H2,1-4H3,(H,21,24). The number of rotatable bonds is 7. The van der Waals surface area contributed by atoms with Gasteiger partial charge < -0.3 is 19.1 Å². The first-order valence-corrected chi connectivity index (χ1v) is 8.67. The van der Waals surface area contributed by atoms with E-state index >= 15 is 0 Å². The molecule has 0 aliphatic rings. The van der Waals surface area contributed by atoms with Crippen molar-refractivity contribution in [2.75, 3.05) is 5.32 Å². The molecule has 8 nitrogen and oxygen atoms in total. The number of carbonyl (C=O) groups excluding carboxylic acids is 1. The van der Waals surface area contributed by atoms with E-state index in [0.29, 0.717) is 29.6 Å². The zero-order valence-corrected chi connectivity index (χ0v) is 15.8. The van der Waals surface area contributed by atoms with Crippen molar-refractivity contribution < 1.29 is 18.6 Å². The van der Waals surface area contributed by atoms with Crippen molar-refractivity contribution in [2.24, 2.45) is 0 Å². The van der Waals surface area contributed by atoms with E-state index in [0.717, 1.165) is 17.0 Å². The summed E-state index contributed by atoms with van der Waals surface area (Å²) in [5.41, 5.74) is 2.52. The van der Waals surface area contributed by atoms with Gasteiger partial charge in [-0.15, -0.1) is 0 Å². The van der Waals surface area contributed by atoms with Crippen LogP contribution in [0.25, 0.3) is 0 Å². The first-order valence-electron chi connectivity index (χ1n) is 8.67. The van der Waals surface area contributed by atoms with Gasteiger partial charge in [0.2, 0.25) is 17.6 Å². The van der Waals surface area contributed by atoms with Gasteiger partial charge in [-0.3, -0.25) is 4.79 Å². The van der Waals surface area contributed by atoms with E-state index in [1.54, 1.807) is 31.2 Å². The number of amides is 1. The van der Waals surface area contributed by atoms with Crippen LogP contribution in [0.4, 0.5) is 5.69 Å². The Labute approximate surface area is 156 Å². The minimum Gasteiger partial charge on any atom is -0.485 e. The maximum Gasteiger partial charge on any atom is 0.224 e. The van der Waals surface area contributed by atoms with Gasteiger partial charge in [0.25, 0.3) is 0 Å². The Morgan fingerprint density at radius 3 is 2.48 bits per heavy atom. The molecule has 8 heteroatoms. The molecule has 0 radical (unpaired) electrons. The summed E-state index contributed by atoms with van der Waals surface area (Å²) < 4.78 is 15.7. The number of anilines is 1. The number of hydrogen-bond acceptors (Lipinski definition) is 7. The normalized spacial score (nSPS) is 12.0. The van der Waals surface area contributed by atoms with Crippen LogP contribution in [0.3, 0.4) is 0 Å². The maximum absolute atomic E-state index is 12.3. The lowest BCUT2D eigenvalue weighted by atomic mass is 9.96. The van der Waals surface area contributed by atoms with Crippen molar-refractivity contribution in [3.63, 3.8) is 0 Å². The number of aromatic nitrogens is 3. The fourth-order valence-electron chi connectivity index (χ4n) is 2.97. The summed E-state index contributed by atoms with van der Waals surface area (Å²) in [6.45, 7) is 7.68. The maximum atomic E-state index is 12.3. The molecule has 3 aromatic rings. The summed E-state index contributed by atoms with van der Waals surface area (Å²) in [5, 5.41) is 10.6. The van der Waals surface area contributed by atoms with Crippen LogP contribution >= 0.6 is 0 Å². The van der Waals surface area contributed by atoms with Crippen LogP contribution < -0.4 is 10.1 Å². The van der Waals surface area contributed by atoms with E-state index < -0.39 is 0 Å². The Balaban J connectivity index is 1.52. The average Bonchev–Trinajstić information content (AvgIpc) is 3.19. The van der Waals surface area contributed by atoms with Gasteiger partial charge >= 0.3 is 0 Å². The Kier molecular flexibility index (Phi) is 5.54. The molecule has 3 rings (SSSR count). The summed E-state index contributed by atoms with van der Waals surface area (Å²) in [6.07, 6.45) is 0.346. The molecule has 2 heterocycles. The molecule has 0 aliphatic heterocycles. The van der Waals surface area contributed by atoms with Gasteiger partial charge in [0.05, 0.1) is 5.69 Å². The van der Waals surface area contributed by atoms with Crippen molar-refractivity contribution in [1.82, 2.24) is 15.3 Å². The largest absolute Gasteiger partial charge is 0.485 e. The summed E-state index contributed by atoms with van der Waals surface area (Å²) in [7, 11) is 0. The second-order valence-corrected chi connectivity index (χ2v) is 6.43. The Morgan fingerprint density at radius 2 is 1.89 bits per heavy atom. The molecule has 1 aromatic carbocycles. The Hall–Kier alpha value is -3.16. The third kappa shape index (κ3) is 4.72.